The molecule has 2 aromatic rings. The first-order chi connectivity index (χ1) is 10.9. The lowest BCUT2D eigenvalue weighted by molar-refractivity contribution is 0.102. The summed E-state index contributed by atoms with van der Waals surface area (Å²) in [7, 11) is -3.30. The smallest absolute Gasteiger partial charge is 0.256 e. The number of nitrogens with zero attached hydrogens (tertiary/aromatic N) is 3. The van der Waals surface area contributed by atoms with E-state index < -0.39 is 10.0 Å². The van der Waals surface area contributed by atoms with Crippen LogP contribution in [0, 0.1) is 11.3 Å². The molecule has 1 aromatic carbocycles. The predicted molar refractivity (Wildman–Crippen MR) is 81.8 cm³/mol. The first-order valence-corrected chi connectivity index (χ1v) is 8.56. The Morgan fingerprint density at radius 3 is 2.65 bits per heavy atom. The third-order valence-electron chi connectivity index (χ3n) is 3.60. The topological polar surface area (TPSA) is 119 Å². The number of nitriles is 1. The molecule has 9 heteroatoms. The zero-order valence-electron chi connectivity index (χ0n) is 12.2. The monoisotopic (exact) mass is 331 g/mol. The van der Waals surface area contributed by atoms with Crippen molar-refractivity contribution in [3.63, 3.8) is 0 Å². The fourth-order valence-electron chi connectivity index (χ4n) is 2.32. The zero-order chi connectivity index (χ0) is 16.6. The average molecular weight is 331 g/mol. The number of carbonyl (C=O) groups is 1. The van der Waals surface area contributed by atoms with Crippen LogP contribution in [0.4, 0.5) is 5.82 Å². The highest BCUT2D eigenvalue weighted by molar-refractivity contribution is 7.88. The van der Waals surface area contributed by atoms with Crippen LogP contribution in [0.3, 0.4) is 0 Å². The number of anilines is 1. The standard InChI is InChI=1S/C14H13N5O3S/c1-23(21,22)19-7-11-12(8-19)17-18-13(11)16-14(20)10-4-2-9(6-15)3-5-10/h2-5H,7-8H2,1H3,(H2,16,17,18,20). The van der Waals surface area contributed by atoms with Gasteiger partial charge in [-0.05, 0) is 24.3 Å². The van der Waals surface area contributed by atoms with Crippen LogP contribution in [0.2, 0.25) is 0 Å². The summed E-state index contributed by atoms with van der Waals surface area (Å²) in [5.74, 6) is -0.0536. The van der Waals surface area contributed by atoms with E-state index in [1.165, 1.54) is 4.31 Å². The molecule has 0 aliphatic carbocycles. The summed E-state index contributed by atoms with van der Waals surface area (Å²) >= 11 is 0. The van der Waals surface area contributed by atoms with E-state index in [-0.39, 0.29) is 19.0 Å². The molecule has 1 aliphatic rings. The van der Waals surface area contributed by atoms with E-state index in [0.717, 1.165) is 6.26 Å². The summed E-state index contributed by atoms with van der Waals surface area (Å²) in [4.78, 5) is 12.2. The van der Waals surface area contributed by atoms with Crippen molar-refractivity contribution in [3.8, 4) is 6.07 Å². The minimum atomic E-state index is -3.30. The van der Waals surface area contributed by atoms with Crippen molar-refractivity contribution in [1.29, 1.82) is 5.26 Å². The van der Waals surface area contributed by atoms with E-state index >= 15 is 0 Å². The van der Waals surface area contributed by atoms with Crippen molar-refractivity contribution in [1.82, 2.24) is 14.5 Å². The first-order valence-electron chi connectivity index (χ1n) is 6.71. The summed E-state index contributed by atoms with van der Waals surface area (Å²) < 4.78 is 24.5. The van der Waals surface area contributed by atoms with Gasteiger partial charge in [-0.15, -0.1) is 0 Å². The van der Waals surface area contributed by atoms with Crippen molar-refractivity contribution in [2.45, 2.75) is 13.1 Å². The van der Waals surface area contributed by atoms with Crippen molar-refractivity contribution in [3.05, 3.63) is 46.6 Å². The van der Waals surface area contributed by atoms with Gasteiger partial charge in [0.05, 0.1) is 30.1 Å². The number of amides is 1. The van der Waals surface area contributed by atoms with Gasteiger partial charge in [-0.2, -0.15) is 14.7 Å². The van der Waals surface area contributed by atoms with Crippen LogP contribution in [-0.2, 0) is 23.1 Å². The van der Waals surface area contributed by atoms with Gasteiger partial charge in [-0.1, -0.05) is 0 Å². The van der Waals surface area contributed by atoms with E-state index in [1.54, 1.807) is 24.3 Å². The molecular weight excluding hydrogens is 318 g/mol. The number of hydrogen-bond acceptors (Lipinski definition) is 5. The molecule has 0 atom stereocenters. The highest BCUT2D eigenvalue weighted by Crippen LogP contribution is 2.28. The number of nitrogens with one attached hydrogen (secondary N) is 2. The molecule has 1 aromatic heterocycles. The van der Waals surface area contributed by atoms with Crippen molar-refractivity contribution in [2.24, 2.45) is 0 Å². The van der Waals surface area contributed by atoms with Gasteiger partial charge in [0.15, 0.2) is 5.82 Å². The van der Waals surface area contributed by atoms with E-state index in [9.17, 15) is 13.2 Å². The number of H-pyrrole nitrogens is 1. The van der Waals surface area contributed by atoms with Gasteiger partial charge in [0.2, 0.25) is 10.0 Å². The largest absolute Gasteiger partial charge is 0.305 e. The number of aromatic amines is 1. The van der Waals surface area contributed by atoms with Gasteiger partial charge in [0.1, 0.15) is 0 Å². The fraction of sp³-hybridized carbons (Fsp3) is 0.214. The summed E-state index contributed by atoms with van der Waals surface area (Å²) in [5.41, 5.74) is 2.19. The highest BCUT2D eigenvalue weighted by atomic mass is 32.2. The first kappa shape index (κ1) is 15.2. The van der Waals surface area contributed by atoms with Gasteiger partial charge in [-0.3, -0.25) is 9.89 Å². The second kappa shape index (κ2) is 5.49. The second-order valence-corrected chi connectivity index (χ2v) is 7.19. The van der Waals surface area contributed by atoms with E-state index in [1.807, 2.05) is 6.07 Å². The molecule has 1 aliphatic heterocycles. The van der Waals surface area contributed by atoms with Crippen molar-refractivity contribution in [2.75, 3.05) is 11.6 Å². The van der Waals surface area contributed by atoms with Crippen LogP contribution in [0.1, 0.15) is 27.2 Å². The molecule has 2 N–H and O–H groups in total. The quantitative estimate of drug-likeness (QED) is 0.862. The molecule has 0 unspecified atom stereocenters. The molecule has 0 radical (unpaired) electrons. The zero-order valence-corrected chi connectivity index (χ0v) is 13.0. The van der Waals surface area contributed by atoms with Crippen LogP contribution in [0.25, 0.3) is 0 Å². The number of hydrogen-bond donors (Lipinski definition) is 2. The Balaban J connectivity index is 1.78. The summed E-state index contributed by atoms with van der Waals surface area (Å²) in [5, 5.41) is 18.2. The number of sulfonamides is 1. The number of fused-ring (bicyclic) bond motifs is 1. The molecular formula is C14H13N5O3S. The van der Waals surface area contributed by atoms with Crippen LogP contribution in [0.5, 0.6) is 0 Å². The third-order valence-corrected chi connectivity index (χ3v) is 4.80. The number of carbonyl (C=O) groups excluding carboxylic acids is 1. The molecule has 2 heterocycles. The maximum atomic E-state index is 12.2. The normalized spacial score (nSPS) is 14.3. The van der Waals surface area contributed by atoms with Crippen LogP contribution in [0.15, 0.2) is 24.3 Å². The average Bonchev–Trinajstić information content (AvgIpc) is 3.09. The number of aromatic nitrogens is 2. The highest BCUT2D eigenvalue weighted by Gasteiger charge is 2.30. The lowest BCUT2D eigenvalue weighted by atomic mass is 10.1. The molecule has 0 bridgehead atoms. The second-order valence-electron chi connectivity index (χ2n) is 5.20. The predicted octanol–water partition coefficient (Wildman–Crippen LogP) is 0.809. The summed E-state index contributed by atoms with van der Waals surface area (Å²) in [6.45, 7) is 0.390. The van der Waals surface area contributed by atoms with E-state index in [0.29, 0.717) is 28.2 Å². The molecule has 0 saturated heterocycles. The van der Waals surface area contributed by atoms with E-state index in [2.05, 4.69) is 15.5 Å². The molecule has 8 nitrogen and oxygen atoms in total. The molecule has 0 saturated carbocycles. The molecule has 3 rings (SSSR count). The Morgan fingerprint density at radius 1 is 1.35 bits per heavy atom. The fourth-order valence-corrected chi connectivity index (χ4v) is 3.05. The Labute approximate surface area is 132 Å². The van der Waals surface area contributed by atoms with Gasteiger partial charge >= 0.3 is 0 Å². The third kappa shape index (κ3) is 2.94. The maximum absolute atomic E-state index is 12.2. The molecule has 118 valence electrons. The lowest BCUT2D eigenvalue weighted by Crippen LogP contribution is -2.24. The van der Waals surface area contributed by atoms with Crippen LogP contribution in [-0.4, -0.2) is 35.1 Å². The minimum absolute atomic E-state index is 0.174. The Hall–Kier alpha value is -2.70. The summed E-state index contributed by atoms with van der Waals surface area (Å²) in [6, 6.07) is 8.17. The number of rotatable bonds is 3. The van der Waals surface area contributed by atoms with Gasteiger partial charge in [0, 0.05) is 17.7 Å². The molecule has 0 spiro atoms. The van der Waals surface area contributed by atoms with Crippen molar-refractivity contribution < 1.29 is 13.2 Å². The Morgan fingerprint density at radius 2 is 2.04 bits per heavy atom. The van der Waals surface area contributed by atoms with Crippen LogP contribution >= 0.6 is 0 Å². The maximum Gasteiger partial charge on any atom is 0.256 e. The Bertz CT molecular complexity index is 909. The SMILES string of the molecule is CS(=O)(=O)N1Cc2[nH]nc(NC(=O)c3ccc(C#N)cc3)c2C1. The minimum Gasteiger partial charge on any atom is -0.305 e. The van der Waals surface area contributed by atoms with E-state index in [4.69, 9.17) is 5.26 Å². The summed E-state index contributed by atoms with van der Waals surface area (Å²) in [6.07, 6.45) is 1.14. The number of benzene rings is 1. The lowest BCUT2D eigenvalue weighted by Gasteiger charge is -2.11. The Kier molecular flexibility index (Phi) is 3.63. The van der Waals surface area contributed by atoms with Crippen molar-refractivity contribution >= 4 is 21.7 Å². The van der Waals surface area contributed by atoms with Gasteiger partial charge in [0.25, 0.3) is 5.91 Å². The molecule has 0 fully saturated rings. The van der Waals surface area contributed by atoms with Crippen LogP contribution < -0.4 is 5.32 Å². The molecule has 1 amide bonds. The van der Waals surface area contributed by atoms with Gasteiger partial charge < -0.3 is 5.32 Å². The molecule has 23 heavy (non-hydrogen) atoms. The van der Waals surface area contributed by atoms with Gasteiger partial charge in [-0.25, -0.2) is 8.42 Å².